The fourth-order valence-electron chi connectivity index (χ4n) is 2.92. The predicted octanol–water partition coefficient (Wildman–Crippen LogP) is 2.02. The second kappa shape index (κ2) is 6.43. The summed E-state index contributed by atoms with van der Waals surface area (Å²) in [5, 5.41) is 13.2. The highest BCUT2D eigenvalue weighted by molar-refractivity contribution is 5.74. The molecular weight excluding hydrogens is 266 g/mol. The van der Waals surface area contributed by atoms with Gasteiger partial charge in [-0.1, -0.05) is 26.8 Å². The van der Waals surface area contributed by atoms with E-state index in [2.05, 4.69) is 31.1 Å². The lowest BCUT2D eigenvalue weighted by atomic mass is 9.74. The second-order valence-electron chi connectivity index (χ2n) is 6.79. The fraction of sp³-hybridized carbons (Fsp3) is 0.625. The molecular formula is C16H25N3O2. The van der Waals surface area contributed by atoms with E-state index in [9.17, 15) is 9.90 Å². The fourth-order valence-corrected chi connectivity index (χ4v) is 2.92. The molecule has 1 aliphatic heterocycles. The molecule has 21 heavy (non-hydrogen) atoms. The first-order valence-electron chi connectivity index (χ1n) is 7.47. The summed E-state index contributed by atoms with van der Waals surface area (Å²) in [6, 6.07) is 3.65. The van der Waals surface area contributed by atoms with Gasteiger partial charge in [-0.3, -0.25) is 4.98 Å². The van der Waals surface area contributed by atoms with Crippen molar-refractivity contribution in [2.45, 2.75) is 39.8 Å². The van der Waals surface area contributed by atoms with Gasteiger partial charge in [-0.05, 0) is 29.4 Å². The Morgan fingerprint density at radius 2 is 2.29 bits per heavy atom. The van der Waals surface area contributed by atoms with Gasteiger partial charge in [0.15, 0.2) is 0 Å². The Bertz CT molecular complexity index is 470. The van der Waals surface area contributed by atoms with Crippen LogP contribution in [0.3, 0.4) is 0 Å². The van der Waals surface area contributed by atoms with Crippen LogP contribution in [0.1, 0.15) is 32.8 Å². The maximum absolute atomic E-state index is 12.2. The Labute approximate surface area is 126 Å². The van der Waals surface area contributed by atoms with Gasteiger partial charge < -0.3 is 15.3 Å². The van der Waals surface area contributed by atoms with Crippen LogP contribution >= 0.6 is 0 Å². The van der Waals surface area contributed by atoms with Crippen LogP contribution in [0, 0.1) is 11.3 Å². The molecule has 0 bridgehead atoms. The van der Waals surface area contributed by atoms with Gasteiger partial charge in [0.25, 0.3) is 0 Å². The van der Waals surface area contributed by atoms with E-state index in [0.717, 1.165) is 12.0 Å². The third kappa shape index (κ3) is 4.17. The van der Waals surface area contributed by atoms with Gasteiger partial charge in [0.05, 0.1) is 6.10 Å². The number of nitrogens with one attached hydrogen (secondary N) is 1. The summed E-state index contributed by atoms with van der Waals surface area (Å²) in [5.74, 6) is 0.236. The van der Waals surface area contributed by atoms with Crippen LogP contribution in [0.25, 0.3) is 0 Å². The molecule has 2 heterocycles. The van der Waals surface area contributed by atoms with Crippen LogP contribution in [0.4, 0.5) is 4.79 Å². The summed E-state index contributed by atoms with van der Waals surface area (Å²) in [6.45, 7) is 7.97. The SMILES string of the molecule is CC(C)(C)[C@H]1CCN(C(=O)NCc2cccnc2)C[C@H]1O. The lowest BCUT2D eigenvalue weighted by Gasteiger charge is -2.42. The molecule has 5 nitrogen and oxygen atoms in total. The molecule has 0 saturated carbocycles. The number of rotatable bonds is 2. The Hall–Kier alpha value is -1.62. The molecule has 2 rings (SSSR count). The standard InChI is InChI=1S/C16H25N3O2/c1-16(2,3)13-6-8-19(11-14(13)20)15(21)18-10-12-5-4-7-17-9-12/h4-5,7,9,13-14,20H,6,8,10-11H2,1-3H3,(H,18,21)/t13-,14+/m0/s1. The molecule has 1 fully saturated rings. The van der Waals surface area contributed by atoms with E-state index in [-0.39, 0.29) is 17.4 Å². The number of urea groups is 1. The van der Waals surface area contributed by atoms with E-state index in [1.807, 2.05) is 12.1 Å². The average Bonchev–Trinajstić information content (AvgIpc) is 2.44. The number of pyridine rings is 1. The molecule has 1 saturated heterocycles. The van der Waals surface area contributed by atoms with E-state index in [1.165, 1.54) is 0 Å². The smallest absolute Gasteiger partial charge is 0.317 e. The third-order valence-corrected chi connectivity index (χ3v) is 4.15. The van der Waals surface area contributed by atoms with Gasteiger partial charge in [-0.15, -0.1) is 0 Å². The lowest BCUT2D eigenvalue weighted by Crippen LogP contribution is -2.52. The predicted molar refractivity (Wildman–Crippen MR) is 81.6 cm³/mol. The number of likely N-dealkylation sites (tertiary alicyclic amines) is 1. The maximum Gasteiger partial charge on any atom is 0.317 e. The van der Waals surface area contributed by atoms with Gasteiger partial charge in [0.1, 0.15) is 0 Å². The van der Waals surface area contributed by atoms with Crippen molar-refractivity contribution in [2.24, 2.45) is 11.3 Å². The Morgan fingerprint density at radius 1 is 1.52 bits per heavy atom. The van der Waals surface area contributed by atoms with E-state index < -0.39 is 6.10 Å². The van der Waals surface area contributed by atoms with Crippen molar-refractivity contribution in [1.82, 2.24) is 15.2 Å². The monoisotopic (exact) mass is 291 g/mol. The number of carbonyl (C=O) groups is 1. The summed E-state index contributed by atoms with van der Waals surface area (Å²) >= 11 is 0. The number of aromatic nitrogens is 1. The quantitative estimate of drug-likeness (QED) is 0.876. The Balaban J connectivity index is 1.85. The first-order chi connectivity index (χ1) is 9.88. The molecule has 2 amide bonds. The molecule has 0 radical (unpaired) electrons. The molecule has 1 aliphatic rings. The van der Waals surface area contributed by atoms with E-state index in [0.29, 0.717) is 19.6 Å². The molecule has 1 aromatic heterocycles. The molecule has 116 valence electrons. The number of carbonyl (C=O) groups excluding carboxylic acids is 1. The molecule has 0 unspecified atom stereocenters. The normalized spacial score (nSPS) is 23.0. The van der Waals surface area contributed by atoms with E-state index in [4.69, 9.17) is 0 Å². The van der Waals surface area contributed by atoms with Crippen LogP contribution in [0.2, 0.25) is 0 Å². The van der Waals surface area contributed by atoms with E-state index >= 15 is 0 Å². The maximum atomic E-state index is 12.2. The molecule has 0 spiro atoms. The number of aliphatic hydroxyl groups excluding tert-OH is 1. The van der Waals surface area contributed by atoms with Gasteiger partial charge in [-0.2, -0.15) is 0 Å². The minimum absolute atomic E-state index is 0.0672. The van der Waals surface area contributed by atoms with Crippen LogP contribution in [0.15, 0.2) is 24.5 Å². The molecule has 1 aromatic rings. The zero-order valence-electron chi connectivity index (χ0n) is 13.0. The number of amides is 2. The second-order valence-corrected chi connectivity index (χ2v) is 6.79. The highest BCUT2D eigenvalue weighted by Crippen LogP contribution is 2.34. The summed E-state index contributed by atoms with van der Waals surface area (Å²) in [4.78, 5) is 17.9. The number of nitrogens with zero attached hydrogens (tertiary/aromatic N) is 2. The van der Waals surface area contributed by atoms with E-state index in [1.54, 1.807) is 17.3 Å². The first-order valence-corrected chi connectivity index (χ1v) is 7.47. The van der Waals surface area contributed by atoms with Crippen molar-refractivity contribution in [3.8, 4) is 0 Å². The number of β-amino-alcohol motifs (C(OH)–C–C–N with tert-alkyl or cyclic N) is 1. The summed E-state index contributed by atoms with van der Waals surface area (Å²) < 4.78 is 0. The van der Waals surface area contributed by atoms with Crippen molar-refractivity contribution in [1.29, 1.82) is 0 Å². The van der Waals surface area contributed by atoms with Gasteiger partial charge in [0.2, 0.25) is 0 Å². The zero-order chi connectivity index (χ0) is 15.5. The minimum Gasteiger partial charge on any atom is -0.391 e. The van der Waals surface area contributed by atoms with Crippen LogP contribution < -0.4 is 5.32 Å². The number of aliphatic hydroxyl groups is 1. The topological polar surface area (TPSA) is 65.5 Å². The Kier molecular flexibility index (Phi) is 4.83. The third-order valence-electron chi connectivity index (χ3n) is 4.15. The van der Waals surface area contributed by atoms with Crippen molar-refractivity contribution >= 4 is 6.03 Å². The number of piperidine rings is 1. The highest BCUT2D eigenvalue weighted by Gasteiger charge is 2.36. The average molecular weight is 291 g/mol. The number of hydrogen-bond acceptors (Lipinski definition) is 3. The number of hydrogen-bond donors (Lipinski definition) is 2. The summed E-state index contributed by atoms with van der Waals surface area (Å²) in [7, 11) is 0. The molecule has 2 atom stereocenters. The summed E-state index contributed by atoms with van der Waals surface area (Å²) in [5.41, 5.74) is 1.04. The van der Waals surface area contributed by atoms with Crippen LogP contribution in [0.5, 0.6) is 0 Å². The minimum atomic E-state index is -0.456. The van der Waals surface area contributed by atoms with Crippen molar-refractivity contribution in [2.75, 3.05) is 13.1 Å². The molecule has 0 aliphatic carbocycles. The Morgan fingerprint density at radius 3 is 2.86 bits per heavy atom. The largest absolute Gasteiger partial charge is 0.391 e. The van der Waals surface area contributed by atoms with Gasteiger partial charge >= 0.3 is 6.03 Å². The summed E-state index contributed by atoms with van der Waals surface area (Å²) in [6.07, 6.45) is 3.83. The van der Waals surface area contributed by atoms with Crippen molar-refractivity contribution in [3.05, 3.63) is 30.1 Å². The first kappa shape index (κ1) is 15.8. The highest BCUT2D eigenvalue weighted by atomic mass is 16.3. The lowest BCUT2D eigenvalue weighted by molar-refractivity contribution is -0.0124. The van der Waals surface area contributed by atoms with Gasteiger partial charge in [0, 0.05) is 32.0 Å². The van der Waals surface area contributed by atoms with Crippen LogP contribution in [-0.2, 0) is 6.54 Å². The van der Waals surface area contributed by atoms with Crippen molar-refractivity contribution < 1.29 is 9.90 Å². The zero-order valence-corrected chi connectivity index (χ0v) is 13.0. The van der Waals surface area contributed by atoms with Crippen molar-refractivity contribution in [3.63, 3.8) is 0 Å². The molecule has 0 aromatic carbocycles. The molecule has 2 N–H and O–H groups in total. The van der Waals surface area contributed by atoms with Gasteiger partial charge in [-0.25, -0.2) is 4.79 Å². The molecule has 5 heteroatoms. The van der Waals surface area contributed by atoms with Crippen LogP contribution in [-0.4, -0.2) is 40.2 Å².